The minimum absolute atomic E-state index is 0.241. The normalized spacial score (nSPS) is 14.7. The van der Waals surface area contributed by atoms with Crippen molar-refractivity contribution in [2.24, 2.45) is 0 Å². The van der Waals surface area contributed by atoms with Gasteiger partial charge in [-0.2, -0.15) is 0 Å². The van der Waals surface area contributed by atoms with E-state index in [4.69, 9.17) is 9.47 Å². The number of ether oxygens (including phenoxy) is 2. The van der Waals surface area contributed by atoms with E-state index in [1.807, 2.05) is 6.07 Å². The number of hydrogen-bond acceptors (Lipinski definition) is 6. The molecule has 26 heavy (non-hydrogen) atoms. The summed E-state index contributed by atoms with van der Waals surface area (Å²) in [5, 5.41) is 13.2. The molecule has 2 N–H and O–H groups in total. The standard InChI is InChI=1S/C19H25N3O4/c1-25-10-6-20-17-13-15-12-14(19(23)24)4-5-16(15)21-18(17)26-11-9-22-7-2-3-8-22/h4-5,12-13,20H,2-3,6-11H2,1H3,(H,23,24). The number of rotatable bonds is 9. The summed E-state index contributed by atoms with van der Waals surface area (Å²) in [6.45, 7) is 4.89. The number of benzene rings is 1. The largest absolute Gasteiger partial charge is 0.478 e. The lowest BCUT2D eigenvalue weighted by atomic mass is 10.1. The fraction of sp³-hybridized carbons (Fsp3) is 0.474. The Bertz CT molecular complexity index is 760. The van der Waals surface area contributed by atoms with Crippen molar-refractivity contribution in [1.82, 2.24) is 9.88 Å². The zero-order valence-corrected chi connectivity index (χ0v) is 15.0. The molecule has 1 saturated heterocycles. The van der Waals surface area contributed by atoms with Gasteiger partial charge in [-0.3, -0.25) is 4.90 Å². The molecule has 0 amide bonds. The Balaban J connectivity index is 1.79. The number of nitrogens with zero attached hydrogens (tertiary/aromatic N) is 2. The molecule has 7 nitrogen and oxygen atoms in total. The van der Waals surface area contributed by atoms with Gasteiger partial charge in [0.2, 0.25) is 5.88 Å². The van der Waals surface area contributed by atoms with Crippen LogP contribution in [-0.4, -0.2) is 67.5 Å². The number of hydrogen-bond donors (Lipinski definition) is 2. The summed E-state index contributed by atoms with van der Waals surface area (Å²) in [5.41, 5.74) is 1.70. The van der Waals surface area contributed by atoms with Crippen molar-refractivity contribution in [3.8, 4) is 5.88 Å². The van der Waals surface area contributed by atoms with E-state index in [1.165, 1.54) is 12.8 Å². The maximum atomic E-state index is 11.2. The van der Waals surface area contributed by atoms with Crippen LogP contribution in [0.2, 0.25) is 0 Å². The van der Waals surface area contributed by atoms with E-state index in [0.29, 0.717) is 31.2 Å². The fourth-order valence-corrected chi connectivity index (χ4v) is 3.09. The number of aromatic carboxylic acids is 1. The third-order valence-corrected chi connectivity index (χ3v) is 4.49. The van der Waals surface area contributed by atoms with Crippen LogP contribution in [0.4, 0.5) is 5.69 Å². The zero-order chi connectivity index (χ0) is 18.4. The molecule has 2 heterocycles. The lowest BCUT2D eigenvalue weighted by molar-refractivity contribution is 0.0697. The third kappa shape index (κ3) is 4.62. The molecule has 140 valence electrons. The van der Waals surface area contributed by atoms with Crippen molar-refractivity contribution in [3.05, 3.63) is 29.8 Å². The van der Waals surface area contributed by atoms with Crippen molar-refractivity contribution in [1.29, 1.82) is 0 Å². The van der Waals surface area contributed by atoms with Gasteiger partial charge in [0.1, 0.15) is 6.61 Å². The van der Waals surface area contributed by atoms with Crippen LogP contribution in [0.5, 0.6) is 5.88 Å². The van der Waals surface area contributed by atoms with Crippen molar-refractivity contribution in [2.45, 2.75) is 12.8 Å². The predicted octanol–water partition coefficient (Wildman–Crippen LogP) is 2.47. The second-order valence-electron chi connectivity index (χ2n) is 6.37. The zero-order valence-electron chi connectivity index (χ0n) is 15.0. The van der Waals surface area contributed by atoms with Gasteiger partial charge in [0, 0.05) is 25.6 Å². The first-order chi connectivity index (χ1) is 12.7. The Hall–Kier alpha value is -2.38. The van der Waals surface area contributed by atoms with Crippen molar-refractivity contribution < 1.29 is 19.4 Å². The average Bonchev–Trinajstić information content (AvgIpc) is 3.15. The van der Waals surface area contributed by atoms with Gasteiger partial charge in [0.25, 0.3) is 0 Å². The molecule has 0 aliphatic carbocycles. The molecule has 1 aromatic heterocycles. The van der Waals surface area contributed by atoms with E-state index in [-0.39, 0.29) is 5.56 Å². The first-order valence-electron chi connectivity index (χ1n) is 8.93. The van der Waals surface area contributed by atoms with E-state index in [0.717, 1.165) is 30.7 Å². The fourth-order valence-electron chi connectivity index (χ4n) is 3.09. The summed E-state index contributed by atoms with van der Waals surface area (Å²) in [6, 6.07) is 6.78. The van der Waals surface area contributed by atoms with Gasteiger partial charge in [0.05, 0.1) is 23.4 Å². The molecule has 3 rings (SSSR count). The number of likely N-dealkylation sites (tertiary alicyclic amines) is 1. The molecule has 0 bridgehead atoms. The third-order valence-electron chi connectivity index (χ3n) is 4.49. The minimum atomic E-state index is -0.952. The summed E-state index contributed by atoms with van der Waals surface area (Å²) < 4.78 is 11.0. The molecular weight excluding hydrogens is 334 g/mol. The second kappa shape index (κ2) is 8.82. The van der Waals surface area contributed by atoms with Gasteiger partial charge in [0.15, 0.2) is 0 Å². The first kappa shape index (κ1) is 18.4. The average molecular weight is 359 g/mol. The molecule has 0 atom stereocenters. The molecular formula is C19H25N3O4. The lowest BCUT2D eigenvalue weighted by Crippen LogP contribution is -2.25. The molecule has 7 heteroatoms. The summed E-state index contributed by atoms with van der Waals surface area (Å²) in [4.78, 5) is 18.2. The lowest BCUT2D eigenvalue weighted by Gasteiger charge is -2.17. The monoisotopic (exact) mass is 359 g/mol. The molecule has 1 aliphatic heterocycles. The highest BCUT2D eigenvalue weighted by molar-refractivity contribution is 5.94. The highest BCUT2D eigenvalue weighted by atomic mass is 16.5. The minimum Gasteiger partial charge on any atom is -0.478 e. The topological polar surface area (TPSA) is 83.9 Å². The summed E-state index contributed by atoms with van der Waals surface area (Å²) in [6.07, 6.45) is 2.51. The van der Waals surface area contributed by atoms with Crippen molar-refractivity contribution >= 4 is 22.6 Å². The predicted molar refractivity (Wildman–Crippen MR) is 100 cm³/mol. The molecule has 0 saturated carbocycles. The van der Waals surface area contributed by atoms with E-state index < -0.39 is 5.97 Å². The van der Waals surface area contributed by atoms with Crippen molar-refractivity contribution in [3.63, 3.8) is 0 Å². The van der Waals surface area contributed by atoms with Crippen LogP contribution in [0.15, 0.2) is 24.3 Å². The molecule has 0 spiro atoms. The van der Waals surface area contributed by atoms with E-state index >= 15 is 0 Å². The quantitative estimate of drug-likeness (QED) is 0.665. The van der Waals surface area contributed by atoms with E-state index in [9.17, 15) is 9.90 Å². The molecule has 2 aromatic rings. The summed E-state index contributed by atoms with van der Waals surface area (Å²) >= 11 is 0. The number of anilines is 1. The van der Waals surface area contributed by atoms with E-state index in [1.54, 1.807) is 25.3 Å². The van der Waals surface area contributed by atoms with Crippen LogP contribution >= 0.6 is 0 Å². The van der Waals surface area contributed by atoms with Crippen LogP contribution in [0, 0.1) is 0 Å². The van der Waals surface area contributed by atoms with Gasteiger partial charge in [-0.1, -0.05) is 0 Å². The molecule has 1 aliphatic rings. The number of carboxylic acids is 1. The number of pyridine rings is 1. The maximum Gasteiger partial charge on any atom is 0.335 e. The van der Waals surface area contributed by atoms with Crippen LogP contribution in [0.25, 0.3) is 10.9 Å². The molecule has 0 unspecified atom stereocenters. The summed E-state index contributed by atoms with van der Waals surface area (Å²) in [7, 11) is 1.65. The Morgan fingerprint density at radius 2 is 2.08 bits per heavy atom. The van der Waals surface area contributed by atoms with Gasteiger partial charge in [-0.15, -0.1) is 0 Å². The van der Waals surface area contributed by atoms with Crippen LogP contribution in [0.3, 0.4) is 0 Å². The van der Waals surface area contributed by atoms with Crippen LogP contribution < -0.4 is 10.1 Å². The molecule has 1 fully saturated rings. The highest BCUT2D eigenvalue weighted by Gasteiger charge is 2.14. The second-order valence-corrected chi connectivity index (χ2v) is 6.37. The summed E-state index contributed by atoms with van der Waals surface area (Å²) in [5.74, 6) is -0.414. The van der Waals surface area contributed by atoms with Gasteiger partial charge < -0.3 is 19.9 Å². The Labute approximate surface area is 152 Å². The first-order valence-corrected chi connectivity index (χ1v) is 8.93. The Kier molecular flexibility index (Phi) is 6.25. The van der Waals surface area contributed by atoms with Crippen LogP contribution in [-0.2, 0) is 4.74 Å². The maximum absolute atomic E-state index is 11.2. The smallest absolute Gasteiger partial charge is 0.335 e. The van der Waals surface area contributed by atoms with Gasteiger partial charge >= 0.3 is 5.97 Å². The van der Waals surface area contributed by atoms with Crippen molar-refractivity contribution in [2.75, 3.05) is 51.8 Å². The number of carbonyl (C=O) groups is 1. The highest BCUT2D eigenvalue weighted by Crippen LogP contribution is 2.28. The Morgan fingerprint density at radius 1 is 1.27 bits per heavy atom. The number of methoxy groups -OCH3 is 1. The molecule has 0 radical (unpaired) electrons. The van der Waals surface area contributed by atoms with Gasteiger partial charge in [-0.25, -0.2) is 9.78 Å². The number of fused-ring (bicyclic) bond motifs is 1. The van der Waals surface area contributed by atoms with Gasteiger partial charge in [-0.05, 0) is 50.2 Å². The number of carboxylic acid groups (broad SMARTS) is 1. The number of aromatic nitrogens is 1. The SMILES string of the molecule is COCCNc1cc2cc(C(=O)O)ccc2nc1OCCN1CCCC1. The Morgan fingerprint density at radius 3 is 2.81 bits per heavy atom. The number of nitrogens with one attached hydrogen (secondary N) is 1. The molecule has 1 aromatic carbocycles. The van der Waals surface area contributed by atoms with Crippen LogP contribution in [0.1, 0.15) is 23.2 Å². The van der Waals surface area contributed by atoms with E-state index in [2.05, 4.69) is 15.2 Å².